The summed E-state index contributed by atoms with van der Waals surface area (Å²) in [5.74, 6) is -4.55. The number of benzene rings is 1. The van der Waals surface area contributed by atoms with E-state index in [1.54, 1.807) is 19.1 Å². The van der Waals surface area contributed by atoms with Crippen LogP contribution in [-0.2, 0) is 44.7 Å². The molecule has 4 aliphatic rings. The van der Waals surface area contributed by atoms with Gasteiger partial charge in [0.1, 0.15) is 48.7 Å². The number of piperidine rings is 1. The van der Waals surface area contributed by atoms with E-state index >= 15 is 0 Å². The fourth-order valence-corrected chi connectivity index (χ4v) is 7.78. The number of ether oxygens (including phenoxy) is 1. The number of allylic oxidation sites excluding steroid dienone is 1. The molecule has 4 fully saturated rings. The maximum absolute atomic E-state index is 14.4. The number of halogens is 1. The number of carbonyl (C=O) groups is 7. The largest absolute Gasteiger partial charge is 0.461 e. The third-order valence-corrected chi connectivity index (χ3v) is 10.8. The van der Waals surface area contributed by atoms with Gasteiger partial charge in [-0.3, -0.25) is 28.8 Å². The van der Waals surface area contributed by atoms with E-state index in [1.807, 2.05) is 13.8 Å². The smallest absolute Gasteiger partial charge is 0.328 e. The minimum atomic E-state index is -1.47. The number of amides is 6. The number of cyclic esters (lactones) is 1. The molecule has 6 amide bonds. The van der Waals surface area contributed by atoms with Crippen LogP contribution in [0.3, 0.4) is 0 Å². The third kappa shape index (κ3) is 9.83. The van der Waals surface area contributed by atoms with Crippen molar-refractivity contribution in [1.29, 1.82) is 0 Å². The van der Waals surface area contributed by atoms with Gasteiger partial charge < -0.3 is 35.4 Å². The molecule has 0 radical (unpaired) electrons. The van der Waals surface area contributed by atoms with Crippen LogP contribution in [0.15, 0.2) is 36.4 Å². The number of esters is 1. The van der Waals surface area contributed by atoms with Gasteiger partial charge in [0.2, 0.25) is 35.4 Å². The summed E-state index contributed by atoms with van der Waals surface area (Å²) in [6.07, 6.45) is 8.02. The summed E-state index contributed by atoms with van der Waals surface area (Å²) >= 11 is 0. The van der Waals surface area contributed by atoms with Gasteiger partial charge in [-0.2, -0.15) is 0 Å². The van der Waals surface area contributed by atoms with Crippen molar-refractivity contribution in [2.24, 2.45) is 5.92 Å². The number of unbranched alkanes of at least 4 members (excludes halogenated alkanes) is 2. The van der Waals surface area contributed by atoms with Gasteiger partial charge in [0.25, 0.3) is 0 Å². The van der Waals surface area contributed by atoms with E-state index in [0.717, 1.165) is 12.8 Å². The molecule has 5 rings (SSSR count). The van der Waals surface area contributed by atoms with Crippen LogP contribution >= 0.6 is 0 Å². The number of fused-ring (bicyclic) bond motifs is 3. The quantitative estimate of drug-likeness (QED) is 0.194. The van der Waals surface area contributed by atoms with Crippen molar-refractivity contribution < 1.29 is 42.7 Å². The van der Waals surface area contributed by atoms with Crippen molar-refractivity contribution in [2.75, 3.05) is 26.2 Å². The molecule has 54 heavy (non-hydrogen) atoms. The Hall–Kier alpha value is -4.82. The fraction of sp³-hybridized carbons (Fsp3) is 0.615. The van der Waals surface area contributed by atoms with Crippen molar-refractivity contribution in [3.05, 3.63) is 47.8 Å². The number of nitrogens with zero attached hydrogens (tertiary/aromatic N) is 3. The lowest BCUT2D eigenvalue weighted by Gasteiger charge is -2.41. The molecule has 4 aliphatic heterocycles. The first kappa shape index (κ1) is 40.4. The summed E-state index contributed by atoms with van der Waals surface area (Å²) < 4.78 is 19.8. The van der Waals surface area contributed by atoms with Gasteiger partial charge in [-0.05, 0) is 81.6 Å². The van der Waals surface area contributed by atoms with Gasteiger partial charge in [-0.25, -0.2) is 9.18 Å². The Morgan fingerprint density at radius 3 is 2.37 bits per heavy atom. The molecular weight excluding hydrogens is 699 g/mol. The second-order valence-corrected chi connectivity index (χ2v) is 14.9. The number of hydrogen-bond acceptors (Lipinski definition) is 8. The number of carbonyl (C=O) groups excluding carboxylic acids is 7. The Labute approximate surface area is 315 Å². The Balaban J connectivity index is 1.45. The predicted octanol–water partition coefficient (Wildman–Crippen LogP) is 1.75. The fourth-order valence-electron chi connectivity index (χ4n) is 7.78. The highest BCUT2D eigenvalue weighted by atomic mass is 19.1. The Kier molecular flexibility index (Phi) is 13.8. The summed E-state index contributed by atoms with van der Waals surface area (Å²) in [7, 11) is 0. The lowest BCUT2D eigenvalue weighted by Crippen LogP contribution is -2.62. The second kappa shape index (κ2) is 18.5. The molecule has 1 aromatic rings. The van der Waals surface area contributed by atoms with Gasteiger partial charge in [0, 0.05) is 26.1 Å². The molecule has 15 heteroatoms. The summed E-state index contributed by atoms with van der Waals surface area (Å²) in [4.78, 5) is 101. The topological polar surface area (TPSA) is 175 Å². The van der Waals surface area contributed by atoms with E-state index in [9.17, 15) is 38.0 Å². The maximum atomic E-state index is 14.4. The van der Waals surface area contributed by atoms with Crippen molar-refractivity contribution in [3.8, 4) is 0 Å². The van der Waals surface area contributed by atoms with Gasteiger partial charge >= 0.3 is 5.97 Å². The lowest BCUT2D eigenvalue weighted by molar-refractivity contribution is -0.158. The average Bonchev–Trinajstić information content (AvgIpc) is 3.84. The Morgan fingerprint density at radius 2 is 1.65 bits per heavy atom. The molecule has 0 bridgehead atoms. The molecule has 4 saturated heterocycles. The van der Waals surface area contributed by atoms with Crippen LogP contribution in [0.2, 0.25) is 0 Å². The standard InChI is InChI=1S/C39H53FN6O8/c1-4-5-6-7-15-33(47)42-28(22-26-11-8-12-27(40)21-26)34(48)43-29-23-54-39(53)31-14-10-18-45(31)36(50)25(3)41-35(49)32-20-24(2)16-19-46(32)38(52)30-13-9-17-44(30)37(29)51/h7-8,11-12,15,21,24-25,28-32H,4-6,9-10,13-14,16-20,22-23H2,1-3H3,(H,41,49)(H,42,47)(H,43,48)/b15-7+/t24?,25-,28-,29+,30-,31-,32-/m0/s1. The summed E-state index contributed by atoms with van der Waals surface area (Å²) in [5.41, 5.74) is 0.418. The maximum Gasteiger partial charge on any atom is 0.328 e. The first-order valence-electron chi connectivity index (χ1n) is 19.3. The van der Waals surface area contributed by atoms with E-state index in [-0.39, 0.29) is 25.4 Å². The van der Waals surface area contributed by atoms with E-state index in [4.69, 9.17) is 4.74 Å². The SMILES string of the molecule is CCCC/C=C/C(=O)N[C@@H](Cc1cccc(F)c1)C(=O)N[C@@H]1COC(=O)[C@@H]2CCCN2C(=O)[C@H](C)NC(=O)[C@@H]2CC(C)CCN2C(=O)[C@@H]2CCCN2C1=O. The Morgan fingerprint density at radius 1 is 0.944 bits per heavy atom. The van der Waals surface area contributed by atoms with E-state index < -0.39 is 90.1 Å². The van der Waals surface area contributed by atoms with Crippen LogP contribution in [0, 0.1) is 11.7 Å². The average molecular weight is 753 g/mol. The molecule has 0 spiro atoms. The molecule has 0 aromatic heterocycles. The first-order valence-corrected chi connectivity index (χ1v) is 19.3. The highest BCUT2D eigenvalue weighted by molar-refractivity contribution is 5.98. The van der Waals surface area contributed by atoms with Crippen molar-refractivity contribution >= 4 is 41.4 Å². The van der Waals surface area contributed by atoms with E-state index in [1.165, 1.54) is 39.0 Å². The van der Waals surface area contributed by atoms with Gasteiger partial charge in [0.05, 0.1) is 0 Å². The number of rotatable bonds is 9. The number of nitrogens with one attached hydrogen (secondary N) is 3. The molecule has 1 unspecified atom stereocenters. The molecule has 4 heterocycles. The molecule has 3 N–H and O–H groups in total. The van der Waals surface area contributed by atoms with Gasteiger partial charge in [-0.15, -0.1) is 0 Å². The van der Waals surface area contributed by atoms with E-state index in [2.05, 4.69) is 16.0 Å². The zero-order valence-corrected chi connectivity index (χ0v) is 31.4. The minimum Gasteiger partial charge on any atom is -0.461 e. The molecule has 7 atom stereocenters. The highest BCUT2D eigenvalue weighted by Crippen LogP contribution is 2.28. The van der Waals surface area contributed by atoms with Crippen LogP contribution in [0.1, 0.15) is 84.1 Å². The Bertz CT molecular complexity index is 1620. The van der Waals surface area contributed by atoms with Crippen molar-refractivity contribution in [1.82, 2.24) is 30.7 Å². The number of hydrogen-bond donors (Lipinski definition) is 3. The lowest BCUT2D eigenvalue weighted by atomic mass is 9.91. The van der Waals surface area contributed by atoms with Crippen molar-refractivity contribution in [2.45, 2.75) is 121 Å². The van der Waals surface area contributed by atoms with Crippen LogP contribution in [0.5, 0.6) is 0 Å². The summed E-state index contributed by atoms with van der Waals surface area (Å²) in [6.45, 7) is 5.69. The molecule has 14 nitrogen and oxygen atoms in total. The molecule has 0 aliphatic carbocycles. The zero-order chi connectivity index (χ0) is 38.9. The zero-order valence-electron chi connectivity index (χ0n) is 31.4. The molecule has 294 valence electrons. The second-order valence-electron chi connectivity index (χ2n) is 14.9. The van der Waals surface area contributed by atoms with Gasteiger partial charge in [0.15, 0.2) is 0 Å². The van der Waals surface area contributed by atoms with Crippen LogP contribution in [0.4, 0.5) is 4.39 Å². The normalized spacial score (nSPS) is 27.6. The molecule has 0 saturated carbocycles. The van der Waals surface area contributed by atoms with Gasteiger partial charge in [-0.1, -0.05) is 44.9 Å². The highest BCUT2D eigenvalue weighted by Gasteiger charge is 2.46. The minimum absolute atomic E-state index is 0.113. The van der Waals surface area contributed by atoms with Crippen LogP contribution in [0.25, 0.3) is 0 Å². The molecular formula is C39H53FN6O8. The summed E-state index contributed by atoms with van der Waals surface area (Å²) in [5, 5.41) is 8.12. The molecule has 1 aromatic carbocycles. The third-order valence-electron chi connectivity index (χ3n) is 10.8. The van der Waals surface area contributed by atoms with Crippen LogP contribution < -0.4 is 16.0 Å². The summed E-state index contributed by atoms with van der Waals surface area (Å²) in [6, 6.07) is -0.884. The first-order chi connectivity index (χ1) is 25.9. The predicted molar refractivity (Wildman–Crippen MR) is 195 cm³/mol. The van der Waals surface area contributed by atoms with Crippen molar-refractivity contribution in [3.63, 3.8) is 0 Å². The monoisotopic (exact) mass is 752 g/mol. The van der Waals surface area contributed by atoms with E-state index in [0.29, 0.717) is 57.1 Å². The van der Waals surface area contributed by atoms with Crippen LogP contribution in [-0.4, -0.2) is 119 Å².